The third-order valence-electron chi connectivity index (χ3n) is 3.42. The first-order chi connectivity index (χ1) is 10.2. The van der Waals surface area contributed by atoms with E-state index in [-0.39, 0.29) is 18.3 Å². The number of Topliss-reactive ketones (excluding diaryl/α,β-unsaturated/α-hetero) is 1. The first-order valence-electron chi connectivity index (χ1n) is 7.13. The van der Waals surface area contributed by atoms with E-state index in [1.165, 1.54) is 5.56 Å². The fraction of sp³-hybridized carbons (Fsp3) is 0.211. The lowest BCUT2D eigenvalue weighted by Gasteiger charge is -2.08. The second kappa shape index (κ2) is 7.55. The molecule has 0 aliphatic rings. The second-order valence-corrected chi connectivity index (χ2v) is 5.21. The molecule has 1 N–H and O–H groups in total. The standard InChI is InChI=1S/C19H20O2/c1-15-7-9-16(10-8-15)11-12-17(14-20)13-19(21)18-5-3-2-4-6-18/h2-12,17,20H,13-14H2,1H3/b12-11+/t17-/m1/s1. The number of hydrogen-bond donors (Lipinski definition) is 1. The Kier molecular flexibility index (Phi) is 5.47. The summed E-state index contributed by atoms with van der Waals surface area (Å²) < 4.78 is 0. The Hall–Kier alpha value is -2.19. The zero-order valence-electron chi connectivity index (χ0n) is 12.2. The van der Waals surface area contributed by atoms with Gasteiger partial charge in [0.25, 0.3) is 0 Å². The fourth-order valence-electron chi connectivity index (χ4n) is 2.10. The van der Waals surface area contributed by atoms with Crippen LogP contribution in [0.25, 0.3) is 6.08 Å². The molecule has 1 atom stereocenters. The molecule has 0 heterocycles. The van der Waals surface area contributed by atoms with Gasteiger partial charge in [0.05, 0.1) is 0 Å². The van der Waals surface area contributed by atoms with E-state index in [1.54, 1.807) is 12.1 Å². The van der Waals surface area contributed by atoms with E-state index in [0.717, 1.165) is 5.56 Å². The van der Waals surface area contributed by atoms with Gasteiger partial charge in [0.2, 0.25) is 0 Å². The lowest BCUT2D eigenvalue weighted by atomic mass is 9.97. The van der Waals surface area contributed by atoms with Gasteiger partial charge < -0.3 is 5.11 Å². The number of aryl methyl sites for hydroxylation is 1. The molecule has 0 saturated heterocycles. The van der Waals surface area contributed by atoms with Gasteiger partial charge in [0, 0.05) is 24.5 Å². The Labute approximate surface area is 125 Å². The Morgan fingerprint density at radius 3 is 2.38 bits per heavy atom. The highest BCUT2D eigenvalue weighted by Crippen LogP contribution is 2.13. The second-order valence-electron chi connectivity index (χ2n) is 5.21. The molecule has 2 rings (SSSR count). The van der Waals surface area contributed by atoms with Crippen LogP contribution in [0.15, 0.2) is 60.7 Å². The molecule has 0 bridgehead atoms. The van der Waals surface area contributed by atoms with E-state index >= 15 is 0 Å². The van der Waals surface area contributed by atoms with Crippen molar-refractivity contribution in [3.8, 4) is 0 Å². The molecule has 0 aliphatic heterocycles. The van der Waals surface area contributed by atoms with E-state index in [1.807, 2.05) is 61.5 Å². The summed E-state index contributed by atoms with van der Waals surface area (Å²) in [6, 6.07) is 17.3. The topological polar surface area (TPSA) is 37.3 Å². The van der Waals surface area contributed by atoms with Crippen LogP contribution in [0, 0.1) is 12.8 Å². The molecule has 2 aromatic rings. The van der Waals surface area contributed by atoms with Crippen molar-refractivity contribution in [1.82, 2.24) is 0 Å². The first-order valence-corrected chi connectivity index (χ1v) is 7.13. The molecule has 0 aromatic heterocycles. The number of ketones is 1. The molecule has 2 nitrogen and oxygen atoms in total. The van der Waals surface area contributed by atoms with Gasteiger partial charge >= 0.3 is 0 Å². The molecule has 0 unspecified atom stereocenters. The summed E-state index contributed by atoms with van der Waals surface area (Å²) in [6.45, 7) is 2.02. The third kappa shape index (κ3) is 4.69. The average molecular weight is 280 g/mol. The molecule has 0 spiro atoms. The van der Waals surface area contributed by atoms with Crippen LogP contribution in [-0.4, -0.2) is 17.5 Å². The van der Waals surface area contributed by atoms with Gasteiger partial charge in [0.15, 0.2) is 5.78 Å². The summed E-state index contributed by atoms with van der Waals surface area (Å²) >= 11 is 0. The minimum absolute atomic E-state index is 0.0269. The van der Waals surface area contributed by atoms with Crippen LogP contribution in [0.3, 0.4) is 0 Å². The fourth-order valence-corrected chi connectivity index (χ4v) is 2.10. The van der Waals surface area contributed by atoms with Crippen molar-refractivity contribution in [2.45, 2.75) is 13.3 Å². The van der Waals surface area contributed by atoms with E-state index in [0.29, 0.717) is 12.0 Å². The number of carbonyl (C=O) groups is 1. The van der Waals surface area contributed by atoms with Gasteiger partial charge in [-0.25, -0.2) is 0 Å². The number of rotatable bonds is 6. The van der Waals surface area contributed by atoms with Crippen LogP contribution in [0.4, 0.5) is 0 Å². The van der Waals surface area contributed by atoms with Crippen molar-refractivity contribution in [3.05, 3.63) is 77.4 Å². The van der Waals surface area contributed by atoms with Gasteiger partial charge in [-0.05, 0) is 12.5 Å². The molecular formula is C19H20O2. The Morgan fingerprint density at radius 2 is 1.76 bits per heavy atom. The lowest BCUT2D eigenvalue weighted by Crippen LogP contribution is -2.10. The van der Waals surface area contributed by atoms with Crippen molar-refractivity contribution in [2.75, 3.05) is 6.61 Å². The SMILES string of the molecule is Cc1ccc(/C=C/[C@@H](CO)CC(=O)c2ccccc2)cc1. The third-order valence-corrected chi connectivity index (χ3v) is 3.42. The number of carbonyl (C=O) groups excluding carboxylic acids is 1. The van der Waals surface area contributed by atoms with E-state index in [9.17, 15) is 9.90 Å². The maximum Gasteiger partial charge on any atom is 0.163 e. The molecule has 108 valence electrons. The smallest absolute Gasteiger partial charge is 0.163 e. The molecule has 21 heavy (non-hydrogen) atoms. The predicted octanol–water partition coefficient (Wildman–Crippen LogP) is 3.89. The van der Waals surface area contributed by atoms with Crippen LogP contribution in [0.5, 0.6) is 0 Å². The molecule has 2 heteroatoms. The predicted molar refractivity (Wildman–Crippen MR) is 86.2 cm³/mol. The highest BCUT2D eigenvalue weighted by Gasteiger charge is 2.11. The number of aliphatic hydroxyl groups excluding tert-OH is 1. The highest BCUT2D eigenvalue weighted by molar-refractivity contribution is 5.96. The van der Waals surface area contributed by atoms with Crippen molar-refractivity contribution < 1.29 is 9.90 Å². The normalized spacial score (nSPS) is 12.5. The number of aliphatic hydroxyl groups is 1. The average Bonchev–Trinajstić information content (AvgIpc) is 2.53. The Morgan fingerprint density at radius 1 is 1.10 bits per heavy atom. The monoisotopic (exact) mass is 280 g/mol. The van der Waals surface area contributed by atoms with Gasteiger partial charge in [-0.2, -0.15) is 0 Å². The van der Waals surface area contributed by atoms with Crippen LogP contribution in [0.1, 0.15) is 27.9 Å². The summed E-state index contributed by atoms with van der Waals surface area (Å²) in [5.41, 5.74) is 2.98. The zero-order valence-corrected chi connectivity index (χ0v) is 12.2. The lowest BCUT2D eigenvalue weighted by molar-refractivity contribution is 0.0952. The Balaban J connectivity index is 2.00. The summed E-state index contributed by atoms with van der Waals surface area (Å²) in [6.07, 6.45) is 4.19. The van der Waals surface area contributed by atoms with Crippen molar-refractivity contribution in [3.63, 3.8) is 0 Å². The van der Waals surface area contributed by atoms with Gasteiger partial charge in [-0.1, -0.05) is 72.3 Å². The molecule has 0 fully saturated rings. The van der Waals surface area contributed by atoms with Crippen LogP contribution in [0.2, 0.25) is 0 Å². The number of benzene rings is 2. The van der Waals surface area contributed by atoms with Crippen LogP contribution in [-0.2, 0) is 0 Å². The van der Waals surface area contributed by atoms with Gasteiger partial charge in [-0.3, -0.25) is 4.79 Å². The summed E-state index contributed by atoms with van der Waals surface area (Å²) in [5, 5.41) is 9.44. The molecular weight excluding hydrogens is 260 g/mol. The highest BCUT2D eigenvalue weighted by atomic mass is 16.3. The maximum atomic E-state index is 12.1. The largest absolute Gasteiger partial charge is 0.396 e. The molecule has 2 aromatic carbocycles. The molecule has 0 amide bonds. The quantitative estimate of drug-likeness (QED) is 0.815. The summed E-state index contributed by atoms with van der Waals surface area (Å²) in [5.74, 6) is -0.0952. The summed E-state index contributed by atoms with van der Waals surface area (Å²) in [7, 11) is 0. The Bertz CT molecular complexity index is 597. The zero-order chi connectivity index (χ0) is 15.1. The minimum atomic E-state index is -0.154. The van der Waals surface area contributed by atoms with Crippen LogP contribution < -0.4 is 0 Å². The van der Waals surface area contributed by atoms with E-state index < -0.39 is 0 Å². The first kappa shape index (κ1) is 15.2. The summed E-state index contributed by atoms with van der Waals surface area (Å²) in [4.78, 5) is 12.1. The van der Waals surface area contributed by atoms with Crippen molar-refractivity contribution >= 4 is 11.9 Å². The van der Waals surface area contributed by atoms with E-state index in [4.69, 9.17) is 0 Å². The molecule has 0 radical (unpaired) electrons. The van der Waals surface area contributed by atoms with E-state index in [2.05, 4.69) is 0 Å². The molecule has 0 aliphatic carbocycles. The van der Waals surface area contributed by atoms with Crippen LogP contribution >= 0.6 is 0 Å². The molecule has 0 saturated carbocycles. The van der Waals surface area contributed by atoms with Crippen molar-refractivity contribution in [2.24, 2.45) is 5.92 Å². The van der Waals surface area contributed by atoms with Crippen molar-refractivity contribution in [1.29, 1.82) is 0 Å². The van der Waals surface area contributed by atoms with Gasteiger partial charge in [-0.15, -0.1) is 0 Å². The minimum Gasteiger partial charge on any atom is -0.396 e. The maximum absolute atomic E-state index is 12.1. The van der Waals surface area contributed by atoms with Gasteiger partial charge in [0.1, 0.15) is 0 Å². The number of hydrogen-bond acceptors (Lipinski definition) is 2.